The zero-order chi connectivity index (χ0) is 36.8. The molecule has 50 heavy (non-hydrogen) atoms. The van der Waals surface area contributed by atoms with Crippen LogP contribution in [0.4, 0.5) is 0 Å². The van der Waals surface area contributed by atoms with Crippen LogP contribution in [0.15, 0.2) is 42.0 Å². The van der Waals surface area contributed by atoms with Crippen LogP contribution >= 0.6 is 0 Å². The summed E-state index contributed by atoms with van der Waals surface area (Å²) in [5, 5.41) is 47.9. The number of hydrogen-bond acceptors (Lipinski definition) is 9. The van der Waals surface area contributed by atoms with E-state index in [0.717, 1.165) is 31.3 Å². The topological polar surface area (TPSA) is 151 Å². The molecule has 9 heteroatoms. The van der Waals surface area contributed by atoms with Gasteiger partial charge in [0.15, 0.2) is 6.10 Å². The van der Waals surface area contributed by atoms with Gasteiger partial charge in [-0.05, 0) is 91.6 Å². The van der Waals surface area contributed by atoms with Crippen LogP contribution in [0.2, 0.25) is 0 Å². The molecule has 0 saturated heterocycles. The fourth-order valence-electron chi connectivity index (χ4n) is 12.3. The highest BCUT2D eigenvalue weighted by molar-refractivity contribution is 5.89. The van der Waals surface area contributed by atoms with Gasteiger partial charge < -0.3 is 34.7 Å². The molecule has 0 bridgehead atoms. The van der Waals surface area contributed by atoms with Gasteiger partial charge in [0.1, 0.15) is 18.3 Å². The summed E-state index contributed by atoms with van der Waals surface area (Å²) in [6, 6.07) is 8.38. The molecular formula is C41H58O9. The minimum absolute atomic E-state index is 0.106. The first-order valence-electron chi connectivity index (χ1n) is 18.6. The van der Waals surface area contributed by atoms with Crippen LogP contribution in [-0.4, -0.2) is 75.8 Å². The van der Waals surface area contributed by atoms with E-state index in [1.54, 1.807) is 30.3 Å². The molecule has 0 radical (unpaired) electrons. The summed E-state index contributed by atoms with van der Waals surface area (Å²) < 4.78 is 12.3. The molecule has 0 spiro atoms. The molecule has 0 aliphatic heterocycles. The number of carbonyl (C=O) groups excluding carboxylic acids is 3. The third-order valence-electron chi connectivity index (χ3n) is 15.5. The fourth-order valence-corrected chi connectivity index (χ4v) is 12.3. The Morgan fingerprint density at radius 3 is 2.18 bits per heavy atom. The first-order chi connectivity index (χ1) is 23.3. The maximum Gasteiger partial charge on any atom is 0.338 e. The smallest absolute Gasteiger partial charge is 0.338 e. The molecule has 4 saturated carbocycles. The van der Waals surface area contributed by atoms with Crippen molar-refractivity contribution in [3.05, 3.63) is 47.5 Å². The second-order valence-corrected chi connectivity index (χ2v) is 18.4. The van der Waals surface area contributed by atoms with Crippen LogP contribution in [0.5, 0.6) is 0 Å². The molecule has 1 aromatic rings. The van der Waals surface area contributed by atoms with Gasteiger partial charge in [-0.2, -0.15) is 0 Å². The summed E-state index contributed by atoms with van der Waals surface area (Å²) in [6.45, 7) is 15.7. The maximum absolute atomic E-state index is 13.8. The summed E-state index contributed by atoms with van der Waals surface area (Å²) in [6.07, 6.45) is 1.32. The van der Waals surface area contributed by atoms with Crippen LogP contribution in [-0.2, 0) is 19.1 Å². The summed E-state index contributed by atoms with van der Waals surface area (Å²) in [7, 11) is 0. The van der Waals surface area contributed by atoms with Crippen molar-refractivity contribution in [2.24, 2.45) is 56.2 Å². The number of benzene rings is 1. The number of aldehydes is 1. The lowest BCUT2D eigenvalue weighted by molar-refractivity contribution is -0.289. The molecule has 4 N–H and O–H groups in total. The van der Waals surface area contributed by atoms with Crippen LogP contribution in [0.1, 0.15) is 104 Å². The average Bonchev–Trinajstić information content (AvgIpc) is 3.07. The van der Waals surface area contributed by atoms with Crippen molar-refractivity contribution in [1.29, 1.82) is 0 Å². The standard InChI is InChI=1S/C41H58O9/c1-23(21-42)34(47)49-32-33(50-35(48)24-12-10-9-11-13-24)41(22-43)26(20-36(32,2)3)25-14-15-28-38(6)18-17-29(44)37(4,5)27(38)16-19-39(28,7)40(25,8)30(45)31(41)46/h9-14,21,23,26-33,43-46H,15-20,22H2,1-8H3/t23?,26?,27?,28?,29-,30-,31+,32-,33-,38-,39+,40-,41-/m0/s1. The molecule has 5 aliphatic rings. The molecule has 0 heterocycles. The van der Waals surface area contributed by atoms with E-state index in [2.05, 4.69) is 40.7 Å². The molecule has 6 rings (SSSR count). The second-order valence-electron chi connectivity index (χ2n) is 18.4. The largest absolute Gasteiger partial charge is 0.457 e. The van der Waals surface area contributed by atoms with Gasteiger partial charge in [0, 0.05) is 10.8 Å². The highest BCUT2D eigenvalue weighted by atomic mass is 16.6. The third kappa shape index (κ3) is 4.88. The molecule has 9 nitrogen and oxygen atoms in total. The molecule has 4 unspecified atom stereocenters. The van der Waals surface area contributed by atoms with Crippen molar-refractivity contribution >= 4 is 18.2 Å². The van der Waals surface area contributed by atoms with Crippen LogP contribution < -0.4 is 0 Å². The number of aliphatic hydroxyl groups is 4. The second kappa shape index (κ2) is 12.2. The van der Waals surface area contributed by atoms with Gasteiger partial charge in [0.05, 0.1) is 35.9 Å². The predicted molar refractivity (Wildman–Crippen MR) is 186 cm³/mol. The fraction of sp³-hybridized carbons (Fsp3) is 0.732. The number of carbonyl (C=O) groups is 3. The lowest BCUT2D eigenvalue weighted by Gasteiger charge is -2.73. The van der Waals surface area contributed by atoms with Gasteiger partial charge >= 0.3 is 11.9 Å². The van der Waals surface area contributed by atoms with Gasteiger partial charge in [-0.3, -0.25) is 4.79 Å². The molecule has 276 valence electrons. The quantitative estimate of drug-likeness (QED) is 0.135. The highest BCUT2D eigenvalue weighted by Gasteiger charge is 2.76. The molecule has 1 aromatic carbocycles. The highest BCUT2D eigenvalue weighted by Crippen LogP contribution is 2.76. The zero-order valence-electron chi connectivity index (χ0n) is 31.0. The number of esters is 2. The minimum Gasteiger partial charge on any atom is -0.457 e. The van der Waals surface area contributed by atoms with E-state index in [1.807, 2.05) is 13.8 Å². The van der Waals surface area contributed by atoms with Crippen molar-refractivity contribution in [2.75, 3.05) is 6.61 Å². The summed E-state index contributed by atoms with van der Waals surface area (Å²) in [5.41, 5.74) is -2.96. The number of fused-ring (bicyclic) bond motifs is 7. The number of rotatable bonds is 6. The van der Waals surface area contributed by atoms with Crippen LogP contribution in [0.25, 0.3) is 0 Å². The predicted octanol–water partition coefficient (Wildman–Crippen LogP) is 5.28. The lowest BCUT2D eigenvalue weighted by Crippen LogP contribution is -2.76. The average molecular weight is 695 g/mol. The van der Waals surface area contributed by atoms with Crippen molar-refractivity contribution < 1.29 is 44.3 Å². The molecule has 0 amide bonds. The first-order valence-corrected chi connectivity index (χ1v) is 18.6. The van der Waals surface area contributed by atoms with E-state index >= 15 is 0 Å². The van der Waals surface area contributed by atoms with E-state index in [-0.39, 0.29) is 34.3 Å². The normalized spacial score (nSPS) is 44.9. The molecule has 5 aliphatic carbocycles. The Morgan fingerprint density at radius 2 is 1.56 bits per heavy atom. The van der Waals surface area contributed by atoms with Gasteiger partial charge in [0.2, 0.25) is 0 Å². The Morgan fingerprint density at radius 1 is 0.900 bits per heavy atom. The van der Waals surface area contributed by atoms with Gasteiger partial charge in [0.25, 0.3) is 0 Å². The van der Waals surface area contributed by atoms with Gasteiger partial charge in [-0.25, -0.2) is 4.79 Å². The van der Waals surface area contributed by atoms with Gasteiger partial charge in [-0.1, -0.05) is 78.3 Å². The molecule has 13 atom stereocenters. The van der Waals surface area contributed by atoms with Crippen LogP contribution in [0.3, 0.4) is 0 Å². The maximum atomic E-state index is 13.8. The first kappa shape index (κ1) is 37.2. The number of allylic oxidation sites excluding steroid dienone is 1. The number of ether oxygens (including phenoxy) is 2. The Bertz CT molecular complexity index is 1540. The Balaban J connectivity index is 1.50. The molecule has 0 aromatic heterocycles. The third-order valence-corrected chi connectivity index (χ3v) is 15.5. The molecule has 4 fully saturated rings. The Hall–Kier alpha value is -2.59. The monoisotopic (exact) mass is 694 g/mol. The van der Waals surface area contributed by atoms with E-state index in [9.17, 15) is 34.8 Å². The summed E-state index contributed by atoms with van der Waals surface area (Å²) in [5.74, 6) is -2.66. The van der Waals surface area contributed by atoms with E-state index in [4.69, 9.17) is 9.47 Å². The van der Waals surface area contributed by atoms with Gasteiger partial charge in [-0.15, -0.1) is 0 Å². The summed E-state index contributed by atoms with van der Waals surface area (Å²) in [4.78, 5) is 38.7. The van der Waals surface area contributed by atoms with Crippen molar-refractivity contribution in [3.8, 4) is 0 Å². The lowest BCUT2D eigenvalue weighted by atomic mass is 9.32. The molecular weight excluding hydrogens is 636 g/mol. The van der Waals surface area contributed by atoms with E-state index in [0.29, 0.717) is 19.1 Å². The SMILES string of the molecule is CC(C=O)C(=O)O[C@H]1[C@H](OC(=O)c2ccccc2)[C@@]2(CO)C(CC1(C)C)C1=CCC3[C@@]4(C)CC[C@H](O)C(C)(C)C4CC[C@@]3(C)[C@]1(C)[C@@H](O)[C@H]2O. The van der Waals surface area contributed by atoms with Crippen LogP contribution in [0, 0.1) is 56.2 Å². The zero-order valence-corrected chi connectivity index (χ0v) is 31.0. The van der Waals surface area contributed by atoms with Crippen molar-refractivity contribution in [1.82, 2.24) is 0 Å². The van der Waals surface area contributed by atoms with E-state index in [1.165, 1.54) is 6.92 Å². The van der Waals surface area contributed by atoms with Crippen molar-refractivity contribution in [2.45, 2.75) is 124 Å². The number of hydrogen-bond donors (Lipinski definition) is 4. The minimum atomic E-state index is -1.62. The number of aliphatic hydroxyl groups excluding tert-OH is 4. The van der Waals surface area contributed by atoms with Crippen molar-refractivity contribution in [3.63, 3.8) is 0 Å². The Labute approximate surface area is 296 Å². The van der Waals surface area contributed by atoms with E-state index < -0.39 is 76.5 Å². The Kier molecular flexibility index (Phi) is 9.10. The summed E-state index contributed by atoms with van der Waals surface area (Å²) >= 11 is 0.